The third-order valence-electron chi connectivity index (χ3n) is 5.45. The number of rotatable bonds is 4. The molecule has 3 atom stereocenters. The number of hydrazine groups is 1. The predicted molar refractivity (Wildman–Crippen MR) is 107 cm³/mol. The van der Waals surface area contributed by atoms with Crippen molar-refractivity contribution in [2.45, 2.75) is 37.3 Å². The van der Waals surface area contributed by atoms with Crippen LogP contribution in [-0.2, 0) is 9.59 Å². The minimum Gasteiger partial charge on any atom is -0.342 e. The molecule has 0 spiro atoms. The van der Waals surface area contributed by atoms with Gasteiger partial charge in [0, 0.05) is 25.3 Å². The zero-order valence-electron chi connectivity index (χ0n) is 15.4. The maximum Gasteiger partial charge on any atom is 0.236 e. The van der Waals surface area contributed by atoms with Crippen LogP contribution < -0.4 is 21.1 Å². The van der Waals surface area contributed by atoms with Crippen LogP contribution in [0.15, 0.2) is 30.3 Å². The van der Waals surface area contributed by atoms with Crippen molar-refractivity contribution >= 4 is 29.3 Å². The van der Waals surface area contributed by atoms with Crippen molar-refractivity contribution in [2.24, 2.45) is 5.92 Å². The Balaban J connectivity index is 1.46. The van der Waals surface area contributed by atoms with Crippen molar-refractivity contribution in [1.29, 1.82) is 0 Å². The number of benzene rings is 1. The lowest BCUT2D eigenvalue weighted by Gasteiger charge is -2.41. The summed E-state index contributed by atoms with van der Waals surface area (Å²) in [5.41, 5.74) is 6.79. The highest BCUT2D eigenvalue weighted by Crippen LogP contribution is 2.30. The highest BCUT2D eigenvalue weighted by Gasteiger charge is 2.45. The molecule has 3 N–H and O–H groups in total. The summed E-state index contributed by atoms with van der Waals surface area (Å²) in [5, 5.41) is 3.49. The van der Waals surface area contributed by atoms with Gasteiger partial charge in [-0.15, -0.1) is 11.8 Å². The van der Waals surface area contributed by atoms with E-state index < -0.39 is 0 Å². The van der Waals surface area contributed by atoms with Crippen LogP contribution in [0.5, 0.6) is 0 Å². The van der Waals surface area contributed by atoms with E-state index in [1.54, 1.807) is 4.90 Å². The number of para-hydroxylation sites is 1. The topological polar surface area (TPSA) is 76.7 Å². The van der Waals surface area contributed by atoms with E-state index >= 15 is 0 Å². The second-order valence-electron chi connectivity index (χ2n) is 7.28. The molecule has 0 bridgehead atoms. The minimum atomic E-state index is -0.274. The number of amides is 2. The van der Waals surface area contributed by atoms with E-state index in [4.69, 9.17) is 0 Å². The molecular weight excluding hydrogens is 362 g/mol. The fourth-order valence-electron chi connectivity index (χ4n) is 3.94. The van der Waals surface area contributed by atoms with E-state index in [2.05, 4.69) is 16.2 Å². The monoisotopic (exact) mass is 389 g/mol. The van der Waals surface area contributed by atoms with Gasteiger partial charge >= 0.3 is 0 Å². The first-order chi connectivity index (χ1) is 13.2. The fourth-order valence-corrected chi connectivity index (χ4v) is 5.04. The molecule has 8 heteroatoms. The summed E-state index contributed by atoms with van der Waals surface area (Å²) < 4.78 is 0. The van der Waals surface area contributed by atoms with Gasteiger partial charge in [0.15, 0.2) is 0 Å². The summed E-state index contributed by atoms with van der Waals surface area (Å²) in [7, 11) is 0. The second kappa shape index (κ2) is 8.60. The highest BCUT2D eigenvalue weighted by atomic mass is 32.2. The Morgan fingerprint density at radius 3 is 2.59 bits per heavy atom. The van der Waals surface area contributed by atoms with Crippen LogP contribution in [0.25, 0.3) is 0 Å². The van der Waals surface area contributed by atoms with Gasteiger partial charge in [-0.05, 0) is 25.0 Å². The molecule has 3 aliphatic rings. The van der Waals surface area contributed by atoms with Crippen molar-refractivity contribution in [2.75, 3.05) is 30.3 Å². The molecule has 0 aliphatic carbocycles. The lowest BCUT2D eigenvalue weighted by Crippen LogP contribution is -2.64. The zero-order valence-corrected chi connectivity index (χ0v) is 16.2. The highest BCUT2D eigenvalue weighted by molar-refractivity contribution is 8.00. The predicted octanol–water partition coefficient (Wildman–Crippen LogP) is 1.09. The third-order valence-corrected chi connectivity index (χ3v) is 6.53. The molecule has 3 saturated heterocycles. The van der Waals surface area contributed by atoms with Crippen molar-refractivity contribution in [3.05, 3.63) is 30.3 Å². The van der Waals surface area contributed by atoms with Gasteiger partial charge in [0.25, 0.3) is 0 Å². The number of carbonyl (C=O) groups excluding carboxylic acids is 2. The second-order valence-corrected chi connectivity index (χ2v) is 8.35. The Morgan fingerprint density at radius 2 is 1.85 bits per heavy atom. The SMILES string of the molecule is O=C(CSC1NC2NNCC2C(=O)N1c1ccccc1)N1CCCCCC1. The molecular formula is C19H27N5O2S. The molecule has 2 amide bonds. The van der Waals surface area contributed by atoms with Gasteiger partial charge in [-0.1, -0.05) is 31.0 Å². The molecule has 0 aromatic heterocycles. The van der Waals surface area contributed by atoms with Gasteiger partial charge in [-0.2, -0.15) is 0 Å². The first-order valence-electron chi connectivity index (χ1n) is 9.76. The van der Waals surface area contributed by atoms with Crippen molar-refractivity contribution < 1.29 is 9.59 Å². The van der Waals surface area contributed by atoms with E-state index in [9.17, 15) is 9.59 Å². The molecule has 3 unspecified atom stereocenters. The van der Waals surface area contributed by atoms with E-state index in [0.29, 0.717) is 12.3 Å². The fraction of sp³-hybridized carbons (Fsp3) is 0.579. The van der Waals surface area contributed by atoms with Crippen LogP contribution in [0.1, 0.15) is 25.7 Å². The zero-order chi connectivity index (χ0) is 18.6. The van der Waals surface area contributed by atoms with Gasteiger partial charge in [0.05, 0.1) is 17.8 Å². The number of nitrogens with zero attached hydrogens (tertiary/aromatic N) is 2. The Kier molecular flexibility index (Phi) is 5.97. The molecule has 4 rings (SSSR count). The minimum absolute atomic E-state index is 0.0853. The number of hydrogen-bond donors (Lipinski definition) is 3. The van der Waals surface area contributed by atoms with Gasteiger partial charge < -0.3 is 4.90 Å². The average Bonchev–Trinajstić information content (AvgIpc) is 3.00. The molecule has 0 saturated carbocycles. The number of anilines is 1. The molecule has 3 heterocycles. The van der Waals surface area contributed by atoms with Crippen molar-refractivity contribution in [3.8, 4) is 0 Å². The van der Waals surface area contributed by atoms with E-state index in [0.717, 1.165) is 31.6 Å². The van der Waals surface area contributed by atoms with E-state index in [1.807, 2.05) is 35.2 Å². The van der Waals surface area contributed by atoms with Crippen LogP contribution >= 0.6 is 11.8 Å². The summed E-state index contributed by atoms with van der Waals surface area (Å²) in [4.78, 5) is 29.6. The van der Waals surface area contributed by atoms with E-state index in [-0.39, 0.29) is 29.4 Å². The van der Waals surface area contributed by atoms with Crippen LogP contribution in [0, 0.1) is 5.92 Å². The van der Waals surface area contributed by atoms with Crippen molar-refractivity contribution in [3.63, 3.8) is 0 Å². The molecule has 0 radical (unpaired) electrons. The number of likely N-dealkylation sites (tertiary alicyclic amines) is 1. The van der Waals surface area contributed by atoms with Crippen molar-refractivity contribution in [1.82, 2.24) is 21.1 Å². The van der Waals surface area contributed by atoms with Crippen LogP contribution in [0.4, 0.5) is 5.69 Å². The van der Waals surface area contributed by atoms with Crippen LogP contribution in [-0.4, -0.2) is 53.8 Å². The molecule has 27 heavy (non-hydrogen) atoms. The standard InChI is InChI=1S/C19H27N5O2S/c25-16(23-10-6-1-2-7-11-23)13-27-19-21-17-15(12-20-22-17)18(26)24(19)14-8-4-3-5-9-14/h3-5,8-9,15,17,19-22H,1-2,6-7,10-13H2. The Bertz CT molecular complexity index is 665. The number of hydrogen-bond acceptors (Lipinski definition) is 6. The molecule has 3 fully saturated rings. The Labute approximate surface area is 164 Å². The smallest absolute Gasteiger partial charge is 0.236 e. The lowest BCUT2D eigenvalue weighted by atomic mass is 10.0. The first-order valence-corrected chi connectivity index (χ1v) is 10.8. The summed E-state index contributed by atoms with van der Waals surface area (Å²) in [5.74, 6) is 0.480. The van der Waals surface area contributed by atoms with Gasteiger partial charge in [-0.25, -0.2) is 5.43 Å². The average molecular weight is 390 g/mol. The third kappa shape index (κ3) is 4.13. The first kappa shape index (κ1) is 18.7. The number of nitrogens with one attached hydrogen (secondary N) is 3. The molecule has 1 aromatic rings. The lowest BCUT2D eigenvalue weighted by molar-refractivity contribution is -0.128. The van der Waals surface area contributed by atoms with E-state index in [1.165, 1.54) is 24.6 Å². The molecule has 7 nitrogen and oxygen atoms in total. The Morgan fingerprint density at radius 1 is 1.11 bits per heavy atom. The molecule has 1 aromatic carbocycles. The quantitative estimate of drug-likeness (QED) is 0.716. The summed E-state index contributed by atoms with van der Waals surface area (Å²) >= 11 is 1.50. The maximum absolute atomic E-state index is 13.1. The normalized spacial score (nSPS) is 28.7. The molecule has 3 aliphatic heterocycles. The van der Waals surface area contributed by atoms with Gasteiger partial charge in [0.2, 0.25) is 11.8 Å². The number of fused-ring (bicyclic) bond motifs is 1. The number of thioether (sulfide) groups is 1. The van der Waals surface area contributed by atoms with Gasteiger partial charge in [-0.3, -0.25) is 25.2 Å². The molecule has 146 valence electrons. The number of carbonyl (C=O) groups is 2. The maximum atomic E-state index is 13.1. The van der Waals surface area contributed by atoms with Crippen LogP contribution in [0.2, 0.25) is 0 Å². The summed E-state index contributed by atoms with van der Waals surface area (Å²) in [6.07, 6.45) is 4.49. The van der Waals surface area contributed by atoms with Crippen LogP contribution in [0.3, 0.4) is 0 Å². The summed E-state index contributed by atoms with van der Waals surface area (Å²) in [6.45, 7) is 2.31. The summed E-state index contributed by atoms with van der Waals surface area (Å²) in [6, 6.07) is 9.70. The van der Waals surface area contributed by atoms with Gasteiger partial charge in [0.1, 0.15) is 5.50 Å². The Hall–Kier alpha value is -1.61. The largest absolute Gasteiger partial charge is 0.342 e.